The van der Waals surface area contributed by atoms with Crippen LogP contribution in [0.2, 0.25) is 0 Å². The number of rotatable bonds is 7. The highest BCUT2D eigenvalue weighted by Crippen LogP contribution is 2.30. The molecule has 6 heteroatoms. The lowest BCUT2D eigenvalue weighted by Gasteiger charge is -2.15. The SMILES string of the molecule is CCc1ccc(CC(NC(C)=O)c2nnc(-c3cccc(OC)c3)s2)cc1. The van der Waals surface area contributed by atoms with Crippen LogP contribution >= 0.6 is 11.3 Å². The Morgan fingerprint density at radius 3 is 2.56 bits per heavy atom. The molecule has 0 saturated heterocycles. The molecule has 1 atom stereocenters. The average molecular weight is 382 g/mol. The summed E-state index contributed by atoms with van der Waals surface area (Å²) in [4.78, 5) is 11.7. The van der Waals surface area contributed by atoms with Crippen LogP contribution in [0.3, 0.4) is 0 Å². The van der Waals surface area contributed by atoms with E-state index in [1.54, 1.807) is 7.11 Å². The minimum Gasteiger partial charge on any atom is -0.497 e. The fourth-order valence-electron chi connectivity index (χ4n) is 2.84. The fraction of sp³-hybridized carbons (Fsp3) is 0.286. The zero-order chi connectivity index (χ0) is 19.2. The number of carbonyl (C=O) groups excluding carboxylic acids is 1. The van der Waals surface area contributed by atoms with Gasteiger partial charge in [0.15, 0.2) is 0 Å². The van der Waals surface area contributed by atoms with E-state index < -0.39 is 0 Å². The summed E-state index contributed by atoms with van der Waals surface area (Å²) in [5.74, 6) is 0.696. The first kappa shape index (κ1) is 19.0. The van der Waals surface area contributed by atoms with E-state index in [2.05, 4.69) is 46.7 Å². The van der Waals surface area contributed by atoms with Gasteiger partial charge in [-0.05, 0) is 36.1 Å². The van der Waals surface area contributed by atoms with Gasteiger partial charge in [0.1, 0.15) is 15.8 Å². The van der Waals surface area contributed by atoms with Crippen molar-refractivity contribution in [3.05, 3.63) is 64.7 Å². The number of aryl methyl sites for hydroxylation is 1. The van der Waals surface area contributed by atoms with Gasteiger partial charge in [0.2, 0.25) is 5.91 Å². The van der Waals surface area contributed by atoms with Gasteiger partial charge in [-0.1, -0.05) is 54.7 Å². The maximum atomic E-state index is 11.7. The minimum atomic E-state index is -0.202. The predicted molar refractivity (Wildman–Crippen MR) is 108 cm³/mol. The molecule has 0 saturated carbocycles. The average Bonchev–Trinajstić information content (AvgIpc) is 3.18. The van der Waals surface area contributed by atoms with Gasteiger partial charge in [0.25, 0.3) is 0 Å². The number of hydrogen-bond acceptors (Lipinski definition) is 5. The summed E-state index contributed by atoms with van der Waals surface area (Å²) in [7, 11) is 1.64. The van der Waals surface area contributed by atoms with E-state index >= 15 is 0 Å². The van der Waals surface area contributed by atoms with Crippen LogP contribution < -0.4 is 10.1 Å². The zero-order valence-electron chi connectivity index (χ0n) is 15.7. The molecule has 2 aromatic carbocycles. The highest BCUT2D eigenvalue weighted by molar-refractivity contribution is 7.14. The second-order valence-corrected chi connectivity index (χ2v) is 7.31. The molecular formula is C21H23N3O2S. The van der Waals surface area contributed by atoms with Gasteiger partial charge in [-0.3, -0.25) is 4.79 Å². The molecule has 0 bridgehead atoms. The van der Waals surface area contributed by atoms with Gasteiger partial charge in [0.05, 0.1) is 13.2 Å². The van der Waals surface area contributed by atoms with Gasteiger partial charge in [-0.15, -0.1) is 10.2 Å². The number of nitrogens with zero attached hydrogens (tertiary/aromatic N) is 2. The summed E-state index contributed by atoms with van der Waals surface area (Å²) in [5.41, 5.74) is 3.40. The third-order valence-corrected chi connectivity index (χ3v) is 5.39. The third-order valence-electron chi connectivity index (χ3n) is 4.30. The maximum Gasteiger partial charge on any atom is 0.217 e. The van der Waals surface area contributed by atoms with Crippen LogP contribution in [0.1, 0.15) is 36.0 Å². The standard InChI is InChI=1S/C21H23N3O2S/c1-4-15-8-10-16(11-9-15)12-19(22-14(2)25)21-24-23-20(27-21)17-6-5-7-18(13-17)26-3/h5-11,13,19H,4,12H2,1-3H3,(H,22,25). The van der Waals surface area contributed by atoms with Crippen LogP contribution in [0.25, 0.3) is 10.6 Å². The number of benzene rings is 2. The monoisotopic (exact) mass is 381 g/mol. The number of hydrogen-bond donors (Lipinski definition) is 1. The maximum absolute atomic E-state index is 11.7. The number of amides is 1. The second-order valence-electron chi connectivity index (χ2n) is 6.30. The molecule has 1 heterocycles. The first-order valence-corrected chi connectivity index (χ1v) is 9.73. The van der Waals surface area contributed by atoms with E-state index in [1.165, 1.54) is 23.8 Å². The summed E-state index contributed by atoms with van der Waals surface area (Å²) in [5, 5.41) is 13.3. The topological polar surface area (TPSA) is 64.1 Å². The molecule has 3 rings (SSSR count). The Balaban J connectivity index is 1.84. The van der Waals surface area contributed by atoms with Gasteiger partial charge >= 0.3 is 0 Å². The Bertz CT molecular complexity index is 906. The Hall–Kier alpha value is -2.73. The van der Waals surface area contributed by atoms with Crippen LogP contribution in [0.15, 0.2) is 48.5 Å². The van der Waals surface area contributed by atoms with Crippen LogP contribution in [0.4, 0.5) is 0 Å². The van der Waals surface area contributed by atoms with Crippen molar-refractivity contribution in [2.75, 3.05) is 7.11 Å². The lowest BCUT2D eigenvalue weighted by Crippen LogP contribution is -2.27. The third kappa shape index (κ3) is 4.92. The van der Waals surface area contributed by atoms with Crippen LogP contribution in [0, 0.1) is 0 Å². The molecule has 1 aromatic heterocycles. The molecule has 5 nitrogen and oxygen atoms in total. The van der Waals surface area contributed by atoms with Crippen molar-refractivity contribution in [3.8, 4) is 16.3 Å². The Labute approximate surface area is 163 Å². The first-order valence-electron chi connectivity index (χ1n) is 8.91. The van der Waals surface area contributed by atoms with Crippen molar-refractivity contribution >= 4 is 17.2 Å². The molecule has 1 amide bonds. The summed E-state index contributed by atoms with van der Waals surface area (Å²) in [6.45, 7) is 3.66. The van der Waals surface area contributed by atoms with Crippen molar-refractivity contribution in [3.63, 3.8) is 0 Å². The van der Waals surface area contributed by atoms with E-state index in [0.717, 1.165) is 33.3 Å². The van der Waals surface area contributed by atoms with Crippen LogP contribution in [0.5, 0.6) is 5.75 Å². The predicted octanol–water partition coefficient (Wildman–Crippen LogP) is 4.20. The van der Waals surface area contributed by atoms with Crippen molar-refractivity contribution in [1.82, 2.24) is 15.5 Å². The lowest BCUT2D eigenvalue weighted by atomic mass is 10.0. The quantitative estimate of drug-likeness (QED) is 0.666. The number of ether oxygens (including phenoxy) is 1. The number of aromatic nitrogens is 2. The Morgan fingerprint density at radius 2 is 1.89 bits per heavy atom. The fourth-order valence-corrected chi connectivity index (χ4v) is 3.73. The Kier molecular flexibility index (Phi) is 6.19. The van der Waals surface area contributed by atoms with Gasteiger partial charge in [0, 0.05) is 12.5 Å². The van der Waals surface area contributed by atoms with Crippen molar-refractivity contribution in [2.45, 2.75) is 32.7 Å². The smallest absolute Gasteiger partial charge is 0.217 e. The van der Waals surface area contributed by atoms with Gasteiger partial charge in [-0.2, -0.15) is 0 Å². The normalized spacial score (nSPS) is 11.8. The zero-order valence-corrected chi connectivity index (χ0v) is 16.5. The number of carbonyl (C=O) groups is 1. The number of nitrogens with one attached hydrogen (secondary N) is 1. The van der Waals surface area contributed by atoms with E-state index in [1.807, 2.05) is 24.3 Å². The highest BCUT2D eigenvalue weighted by Gasteiger charge is 2.19. The lowest BCUT2D eigenvalue weighted by molar-refractivity contribution is -0.119. The van der Waals surface area contributed by atoms with E-state index in [9.17, 15) is 4.79 Å². The summed E-state index contributed by atoms with van der Waals surface area (Å²) >= 11 is 1.49. The molecule has 27 heavy (non-hydrogen) atoms. The van der Waals surface area contributed by atoms with Gasteiger partial charge in [-0.25, -0.2) is 0 Å². The largest absolute Gasteiger partial charge is 0.497 e. The van der Waals surface area contributed by atoms with E-state index in [-0.39, 0.29) is 11.9 Å². The molecule has 0 aliphatic rings. The molecule has 140 valence electrons. The molecule has 0 aliphatic heterocycles. The second kappa shape index (κ2) is 8.77. The van der Waals surface area contributed by atoms with Crippen LogP contribution in [-0.4, -0.2) is 23.2 Å². The van der Waals surface area contributed by atoms with E-state index in [0.29, 0.717) is 6.42 Å². The molecule has 1 N–H and O–H groups in total. The molecular weight excluding hydrogens is 358 g/mol. The summed E-state index contributed by atoms with van der Waals surface area (Å²) in [6, 6.07) is 16.0. The van der Waals surface area contributed by atoms with Crippen molar-refractivity contribution in [1.29, 1.82) is 0 Å². The molecule has 0 fully saturated rings. The van der Waals surface area contributed by atoms with Gasteiger partial charge < -0.3 is 10.1 Å². The first-order chi connectivity index (χ1) is 13.1. The van der Waals surface area contributed by atoms with Crippen molar-refractivity contribution in [2.24, 2.45) is 0 Å². The summed E-state index contributed by atoms with van der Waals surface area (Å²) < 4.78 is 5.28. The molecule has 1 unspecified atom stereocenters. The molecule has 0 spiro atoms. The van der Waals surface area contributed by atoms with Crippen LogP contribution in [-0.2, 0) is 17.6 Å². The minimum absolute atomic E-state index is 0.0803. The van der Waals surface area contributed by atoms with E-state index in [4.69, 9.17) is 4.74 Å². The highest BCUT2D eigenvalue weighted by atomic mass is 32.1. The summed E-state index contributed by atoms with van der Waals surface area (Å²) in [6.07, 6.45) is 1.69. The molecule has 3 aromatic rings. The number of methoxy groups -OCH3 is 1. The Morgan fingerprint density at radius 1 is 1.15 bits per heavy atom. The molecule has 0 radical (unpaired) electrons. The van der Waals surface area contributed by atoms with Crippen molar-refractivity contribution < 1.29 is 9.53 Å². The molecule has 0 aliphatic carbocycles.